The Morgan fingerprint density at radius 2 is 1.69 bits per heavy atom. The normalized spacial score (nSPS) is 14.4. The Morgan fingerprint density at radius 1 is 0.962 bits per heavy atom. The summed E-state index contributed by atoms with van der Waals surface area (Å²) in [5.74, 6) is -0.503. The van der Waals surface area contributed by atoms with Crippen LogP contribution < -0.4 is 15.5 Å². The topological polar surface area (TPSA) is 83.3 Å². The summed E-state index contributed by atoms with van der Waals surface area (Å²) in [6, 6.07) is 9.07. The smallest absolute Gasteiger partial charge is 0.323 e. The van der Waals surface area contributed by atoms with Gasteiger partial charge >= 0.3 is 6.03 Å². The number of anilines is 3. The average Bonchev–Trinajstić information content (AvgIpc) is 3.15. The number of fused-ring (bicyclic) bond motifs is 1. The van der Waals surface area contributed by atoms with Crippen LogP contribution in [0, 0.1) is 5.82 Å². The van der Waals surface area contributed by atoms with E-state index in [9.17, 15) is 9.18 Å². The molecule has 0 spiro atoms. The van der Waals surface area contributed by atoms with Crippen LogP contribution in [-0.4, -0.2) is 29.4 Å². The molecule has 8 heteroatoms. The van der Waals surface area contributed by atoms with Crippen molar-refractivity contribution >= 4 is 34.1 Å². The van der Waals surface area contributed by atoms with Gasteiger partial charge in [0, 0.05) is 13.1 Å². The molecule has 2 amide bonds. The fourth-order valence-corrected chi connectivity index (χ4v) is 3.18. The number of nitrogens with one attached hydrogen (secondary N) is 2. The second kappa shape index (κ2) is 6.99. The monoisotopic (exact) mass is 355 g/mol. The lowest BCUT2D eigenvalue weighted by Crippen LogP contribution is -2.29. The number of para-hydroxylation sites is 1. The van der Waals surface area contributed by atoms with Gasteiger partial charge in [-0.2, -0.15) is 0 Å². The summed E-state index contributed by atoms with van der Waals surface area (Å²) >= 11 is 0. The number of urea groups is 1. The molecular formula is C18H18FN5O2. The number of carbonyl (C=O) groups is 1. The summed E-state index contributed by atoms with van der Waals surface area (Å²) in [7, 11) is 0. The fraction of sp³-hybridized carbons (Fsp3) is 0.278. The molecule has 1 aliphatic heterocycles. The third kappa shape index (κ3) is 3.17. The van der Waals surface area contributed by atoms with Gasteiger partial charge in [-0.15, -0.1) is 0 Å². The van der Waals surface area contributed by atoms with Crippen LogP contribution in [0.1, 0.15) is 19.3 Å². The molecule has 1 aromatic heterocycles. The molecule has 2 N–H and O–H groups in total. The molecule has 0 radical (unpaired) electrons. The van der Waals surface area contributed by atoms with Crippen LogP contribution in [0.4, 0.5) is 26.2 Å². The number of benzene rings is 2. The van der Waals surface area contributed by atoms with Crippen molar-refractivity contribution in [2.45, 2.75) is 19.3 Å². The van der Waals surface area contributed by atoms with Crippen LogP contribution in [0.3, 0.4) is 0 Å². The zero-order valence-corrected chi connectivity index (χ0v) is 14.0. The molecule has 1 saturated heterocycles. The minimum atomic E-state index is -0.565. The van der Waals surface area contributed by atoms with Gasteiger partial charge in [-0.1, -0.05) is 12.1 Å². The SMILES string of the molecule is O=C(Nc1ccccc1F)Nc1ccc(N2CCCCC2)c2nonc12. The molecule has 0 atom stereocenters. The van der Waals surface area contributed by atoms with Crippen LogP contribution >= 0.6 is 0 Å². The number of halogens is 1. The largest absolute Gasteiger partial charge is 0.370 e. The number of piperidine rings is 1. The number of aromatic nitrogens is 2. The minimum Gasteiger partial charge on any atom is -0.370 e. The molecule has 134 valence electrons. The van der Waals surface area contributed by atoms with Crippen molar-refractivity contribution < 1.29 is 13.8 Å². The summed E-state index contributed by atoms with van der Waals surface area (Å²) < 4.78 is 18.6. The van der Waals surface area contributed by atoms with E-state index < -0.39 is 11.8 Å². The average molecular weight is 355 g/mol. The quantitative estimate of drug-likeness (QED) is 0.742. The molecule has 7 nitrogen and oxygen atoms in total. The van der Waals surface area contributed by atoms with E-state index >= 15 is 0 Å². The third-order valence-electron chi connectivity index (χ3n) is 4.46. The first-order chi connectivity index (χ1) is 12.7. The van der Waals surface area contributed by atoms with E-state index in [0.717, 1.165) is 31.6 Å². The first kappa shape index (κ1) is 16.3. The van der Waals surface area contributed by atoms with Crippen molar-refractivity contribution in [3.05, 3.63) is 42.2 Å². The van der Waals surface area contributed by atoms with Crippen LogP contribution in [0.25, 0.3) is 11.0 Å². The highest BCUT2D eigenvalue weighted by Gasteiger charge is 2.19. The lowest BCUT2D eigenvalue weighted by Gasteiger charge is -2.28. The standard InChI is InChI=1S/C18H18FN5O2/c19-12-6-2-3-7-13(12)20-18(25)21-14-8-9-15(17-16(14)22-26-23-17)24-10-4-1-5-11-24/h2-3,6-9H,1,4-5,10-11H2,(H2,20,21,25). The summed E-state index contributed by atoms with van der Waals surface area (Å²) in [6.45, 7) is 1.92. The molecule has 1 fully saturated rings. The third-order valence-corrected chi connectivity index (χ3v) is 4.46. The Bertz CT molecular complexity index is 936. The van der Waals surface area contributed by atoms with Gasteiger partial charge in [-0.25, -0.2) is 13.8 Å². The molecule has 0 bridgehead atoms. The van der Waals surface area contributed by atoms with Crippen LogP contribution in [-0.2, 0) is 0 Å². The van der Waals surface area contributed by atoms with Crippen molar-refractivity contribution in [1.82, 2.24) is 10.3 Å². The zero-order valence-electron chi connectivity index (χ0n) is 14.0. The summed E-state index contributed by atoms with van der Waals surface area (Å²) in [5.41, 5.74) is 2.58. The second-order valence-corrected chi connectivity index (χ2v) is 6.20. The highest BCUT2D eigenvalue weighted by atomic mass is 19.1. The van der Waals surface area contributed by atoms with E-state index in [-0.39, 0.29) is 5.69 Å². The molecule has 4 rings (SSSR count). The Labute approximate surface area is 149 Å². The van der Waals surface area contributed by atoms with Crippen LogP contribution in [0.5, 0.6) is 0 Å². The molecule has 0 aliphatic carbocycles. The van der Waals surface area contributed by atoms with Gasteiger partial charge in [0.1, 0.15) is 5.82 Å². The maximum Gasteiger partial charge on any atom is 0.323 e. The first-order valence-electron chi connectivity index (χ1n) is 8.55. The van der Waals surface area contributed by atoms with Crippen LogP contribution in [0.2, 0.25) is 0 Å². The highest BCUT2D eigenvalue weighted by Crippen LogP contribution is 2.31. The molecular weight excluding hydrogens is 337 g/mol. The lowest BCUT2D eigenvalue weighted by molar-refractivity contribution is 0.262. The molecule has 0 saturated carbocycles. The van der Waals surface area contributed by atoms with Gasteiger partial charge in [0.15, 0.2) is 11.0 Å². The number of carbonyl (C=O) groups excluding carboxylic acids is 1. The minimum absolute atomic E-state index is 0.101. The number of hydrogen-bond donors (Lipinski definition) is 2. The molecule has 0 unspecified atom stereocenters. The van der Waals surface area contributed by atoms with Gasteiger partial charge in [0.25, 0.3) is 0 Å². The Kier molecular flexibility index (Phi) is 4.39. The van der Waals surface area contributed by atoms with Gasteiger partial charge in [-0.05, 0) is 53.8 Å². The summed E-state index contributed by atoms with van der Waals surface area (Å²) in [4.78, 5) is 14.5. The number of amides is 2. The Hall–Kier alpha value is -3.16. The predicted molar refractivity (Wildman–Crippen MR) is 96.9 cm³/mol. The second-order valence-electron chi connectivity index (χ2n) is 6.20. The summed E-state index contributed by atoms with van der Waals surface area (Å²) in [5, 5.41) is 13.1. The molecule has 2 heterocycles. The lowest BCUT2D eigenvalue weighted by atomic mass is 10.1. The number of hydrogen-bond acceptors (Lipinski definition) is 5. The summed E-state index contributed by atoms with van der Waals surface area (Å²) in [6.07, 6.45) is 3.50. The molecule has 2 aromatic carbocycles. The van der Waals surface area contributed by atoms with Crippen molar-refractivity contribution in [3.8, 4) is 0 Å². The van der Waals surface area contributed by atoms with E-state index in [1.807, 2.05) is 6.07 Å². The molecule has 1 aliphatic rings. The fourth-order valence-electron chi connectivity index (χ4n) is 3.18. The maximum atomic E-state index is 13.7. The van der Waals surface area contributed by atoms with E-state index in [4.69, 9.17) is 4.63 Å². The van der Waals surface area contributed by atoms with E-state index in [2.05, 4.69) is 25.8 Å². The van der Waals surface area contributed by atoms with Crippen molar-refractivity contribution in [2.24, 2.45) is 0 Å². The number of nitrogens with zero attached hydrogens (tertiary/aromatic N) is 3. The predicted octanol–water partition coefficient (Wildman–Crippen LogP) is 4.00. The molecule has 3 aromatic rings. The van der Waals surface area contributed by atoms with E-state index in [0.29, 0.717) is 16.7 Å². The Morgan fingerprint density at radius 3 is 2.50 bits per heavy atom. The zero-order chi connectivity index (χ0) is 17.9. The maximum absolute atomic E-state index is 13.7. The van der Waals surface area contributed by atoms with Crippen molar-refractivity contribution in [3.63, 3.8) is 0 Å². The van der Waals surface area contributed by atoms with Crippen LogP contribution in [0.15, 0.2) is 41.0 Å². The van der Waals surface area contributed by atoms with Gasteiger partial charge in [-0.3, -0.25) is 0 Å². The van der Waals surface area contributed by atoms with Gasteiger partial charge in [0.2, 0.25) is 0 Å². The highest BCUT2D eigenvalue weighted by molar-refractivity contribution is 6.06. The first-order valence-corrected chi connectivity index (χ1v) is 8.55. The number of rotatable bonds is 3. The molecule has 26 heavy (non-hydrogen) atoms. The van der Waals surface area contributed by atoms with Crippen molar-refractivity contribution in [1.29, 1.82) is 0 Å². The van der Waals surface area contributed by atoms with E-state index in [1.165, 1.54) is 18.6 Å². The Balaban J connectivity index is 1.56. The van der Waals surface area contributed by atoms with E-state index in [1.54, 1.807) is 18.2 Å². The van der Waals surface area contributed by atoms with Gasteiger partial charge in [0.05, 0.1) is 17.1 Å². The van der Waals surface area contributed by atoms with Gasteiger partial charge < -0.3 is 15.5 Å². The van der Waals surface area contributed by atoms with Crippen molar-refractivity contribution in [2.75, 3.05) is 28.6 Å².